The van der Waals surface area contributed by atoms with Gasteiger partial charge in [0.15, 0.2) is 0 Å². The van der Waals surface area contributed by atoms with Crippen molar-refractivity contribution in [3.8, 4) is 0 Å². The van der Waals surface area contributed by atoms with E-state index in [2.05, 4.69) is 11.8 Å². The van der Waals surface area contributed by atoms with Gasteiger partial charge < -0.3 is 0 Å². The summed E-state index contributed by atoms with van der Waals surface area (Å²) in [4.78, 5) is 14.2. The van der Waals surface area contributed by atoms with Crippen LogP contribution in [0.2, 0.25) is 0 Å². The molecule has 2 nitrogen and oxygen atoms in total. The number of rotatable bonds is 3. The number of carbonyl (C=O) groups excluding carboxylic acids is 1. The molecular formula is C15H27NO. The summed E-state index contributed by atoms with van der Waals surface area (Å²) in [5.41, 5.74) is 0. The van der Waals surface area contributed by atoms with Crippen LogP contribution in [0.15, 0.2) is 0 Å². The maximum absolute atomic E-state index is 11.6. The molecule has 0 bridgehead atoms. The predicted molar refractivity (Wildman–Crippen MR) is 71.0 cm³/mol. The van der Waals surface area contributed by atoms with Crippen molar-refractivity contribution in [3.63, 3.8) is 0 Å². The summed E-state index contributed by atoms with van der Waals surface area (Å²) in [5.74, 6) is 1.61. The molecule has 98 valence electrons. The number of hydrogen-bond donors (Lipinski definition) is 0. The Kier molecular flexibility index (Phi) is 4.61. The van der Waals surface area contributed by atoms with Gasteiger partial charge in [0.1, 0.15) is 5.78 Å². The van der Waals surface area contributed by atoms with E-state index in [1.165, 1.54) is 45.1 Å². The summed E-state index contributed by atoms with van der Waals surface area (Å²) in [7, 11) is 0. The molecule has 1 aliphatic heterocycles. The summed E-state index contributed by atoms with van der Waals surface area (Å²) in [6, 6.07) is 0.774. The third-order valence-electron chi connectivity index (χ3n) is 4.89. The highest BCUT2D eigenvalue weighted by Gasteiger charge is 2.33. The Morgan fingerprint density at radius 1 is 1.18 bits per heavy atom. The number of hydrogen-bond acceptors (Lipinski definition) is 2. The van der Waals surface area contributed by atoms with Crippen LogP contribution in [0.5, 0.6) is 0 Å². The zero-order valence-electron chi connectivity index (χ0n) is 11.5. The number of ketones is 1. The van der Waals surface area contributed by atoms with Crippen molar-refractivity contribution >= 4 is 5.78 Å². The second-order valence-electron chi connectivity index (χ2n) is 5.96. The van der Waals surface area contributed by atoms with E-state index < -0.39 is 0 Å². The van der Waals surface area contributed by atoms with Crippen molar-refractivity contribution in [2.75, 3.05) is 13.1 Å². The second-order valence-corrected chi connectivity index (χ2v) is 5.96. The summed E-state index contributed by atoms with van der Waals surface area (Å²) < 4.78 is 0. The molecule has 3 unspecified atom stereocenters. The molecule has 0 amide bonds. The fourth-order valence-corrected chi connectivity index (χ4v) is 3.78. The molecule has 2 rings (SSSR count). The van der Waals surface area contributed by atoms with Crippen LogP contribution in [-0.2, 0) is 4.79 Å². The van der Waals surface area contributed by atoms with Gasteiger partial charge in [0, 0.05) is 18.5 Å². The first kappa shape index (κ1) is 13.1. The molecule has 0 aromatic heterocycles. The van der Waals surface area contributed by atoms with Crippen molar-refractivity contribution in [2.45, 2.75) is 64.8 Å². The molecule has 0 radical (unpaired) electrons. The first-order valence-electron chi connectivity index (χ1n) is 7.47. The molecule has 3 atom stereocenters. The minimum atomic E-state index is 0.322. The lowest BCUT2D eigenvalue weighted by Crippen LogP contribution is -2.48. The van der Waals surface area contributed by atoms with Gasteiger partial charge >= 0.3 is 0 Å². The quantitative estimate of drug-likeness (QED) is 0.751. The topological polar surface area (TPSA) is 20.3 Å². The van der Waals surface area contributed by atoms with E-state index in [1.54, 1.807) is 6.92 Å². The van der Waals surface area contributed by atoms with Crippen LogP contribution < -0.4 is 0 Å². The van der Waals surface area contributed by atoms with Gasteiger partial charge in [-0.1, -0.05) is 26.2 Å². The van der Waals surface area contributed by atoms with Crippen LogP contribution in [0.4, 0.5) is 0 Å². The SMILES string of the molecule is CCC1CCCCC1N1CCCC(C(C)=O)C1. The lowest BCUT2D eigenvalue weighted by atomic mass is 9.80. The maximum Gasteiger partial charge on any atom is 0.134 e. The van der Waals surface area contributed by atoms with Crippen molar-refractivity contribution < 1.29 is 4.79 Å². The van der Waals surface area contributed by atoms with E-state index in [1.807, 2.05) is 0 Å². The fourth-order valence-electron chi connectivity index (χ4n) is 3.78. The van der Waals surface area contributed by atoms with Gasteiger partial charge in [-0.2, -0.15) is 0 Å². The van der Waals surface area contributed by atoms with E-state index >= 15 is 0 Å². The Bertz CT molecular complexity index is 264. The Labute approximate surface area is 106 Å². The van der Waals surface area contributed by atoms with Crippen LogP contribution >= 0.6 is 0 Å². The molecule has 0 spiro atoms. The van der Waals surface area contributed by atoms with Gasteiger partial charge in [0.2, 0.25) is 0 Å². The Morgan fingerprint density at radius 3 is 2.65 bits per heavy atom. The number of Topliss-reactive ketones (excluding diaryl/α,β-unsaturated/α-hetero) is 1. The molecule has 0 aromatic rings. The Balaban J connectivity index is 1.97. The Morgan fingerprint density at radius 2 is 1.94 bits per heavy atom. The summed E-state index contributed by atoms with van der Waals surface area (Å²) in [6.45, 7) is 6.36. The van der Waals surface area contributed by atoms with Gasteiger partial charge in [-0.25, -0.2) is 0 Å². The predicted octanol–water partition coefficient (Wildman–Crippen LogP) is 3.26. The average Bonchev–Trinajstić information content (AvgIpc) is 2.39. The summed E-state index contributed by atoms with van der Waals surface area (Å²) in [6.07, 6.45) is 9.23. The Hall–Kier alpha value is -0.370. The minimum absolute atomic E-state index is 0.322. The summed E-state index contributed by atoms with van der Waals surface area (Å²) in [5, 5.41) is 0. The smallest absolute Gasteiger partial charge is 0.134 e. The van der Waals surface area contributed by atoms with E-state index in [4.69, 9.17) is 0 Å². The van der Waals surface area contributed by atoms with Crippen LogP contribution in [0, 0.1) is 11.8 Å². The maximum atomic E-state index is 11.6. The van der Waals surface area contributed by atoms with Gasteiger partial charge in [-0.05, 0) is 45.1 Å². The molecule has 1 saturated carbocycles. The molecule has 0 N–H and O–H groups in total. The van der Waals surface area contributed by atoms with E-state index in [-0.39, 0.29) is 0 Å². The minimum Gasteiger partial charge on any atom is -0.300 e. The van der Waals surface area contributed by atoms with Crippen LogP contribution in [0.3, 0.4) is 0 Å². The second kappa shape index (κ2) is 5.99. The van der Waals surface area contributed by atoms with Crippen LogP contribution in [-0.4, -0.2) is 29.8 Å². The third kappa shape index (κ3) is 3.09. The largest absolute Gasteiger partial charge is 0.300 e. The summed E-state index contributed by atoms with van der Waals surface area (Å²) >= 11 is 0. The van der Waals surface area contributed by atoms with Gasteiger partial charge in [0.25, 0.3) is 0 Å². The highest BCUT2D eigenvalue weighted by molar-refractivity contribution is 5.78. The first-order valence-corrected chi connectivity index (χ1v) is 7.47. The van der Waals surface area contributed by atoms with E-state index in [0.717, 1.165) is 24.9 Å². The number of piperidine rings is 1. The van der Waals surface area contributed by atoms with E-state index in [0.29, 0.717) is 11.7 Å². The highest BCUT2D eigenvalue weighted by atomic mass is 16.1. The molecule has 0 aromatic carbocycles. The van der Waals surface area contributed by atoms with Crippen molar-refractivity contribution in [1.82, 2.24) is 4.90 Å². The molecule has 17 heavy (non-hydrogen) atoms. The molecular weight excluding hydrogens is 210 g/mol. The fraction of sp³-hybridized carbons (Fsp3) is 0.933. The zero-order chi connectivity index (χ0) is 12.3. The first-order chi connectivity index (χ1) is 8.22. The van der Waals surface area contributed by atoms with Gasteiger partial charge in [-0.15, -0.1) is 0 Å². The standard InChI is InChI=1S/C15H27NO/c1-3-13-7-4-5-9-15(13)16-10-6-8-14(11-16)12(2)17/h13-15H,3-11H2,1-2H3. The van der Waals surface area contributed by atoms with Crippen molar-refractivity contribution in [1.29, 1.82) is 0 Å². The van der Waals surface area contributed by atoms with Gasteiger partial charge in [-0.3, -0.25) is 9.69 Å². The van der Waals surface area contributed by atoms with Gasteiger partial charge in [0.05, 0.1) is 0 Å². The van der Waals surface area contributed by atoms with E-state index in [9.17, 15) is 4.79 Å². The molecule has 1 aliphatic carbocycles. The lowest BCUT2D eigenvalue weighted by molar-refractivity contribution is -0.123. The normalized spacial score (nSPS) is 35.8. The van der Waals surface area contributed by atoms with Crippen molar-refractivity contribution in [2.24, 2.45) is 11.8 Å². The highest BCUT2D eigenvalue weighted by Crippen LogP contribution is 2.33. The van der Waals surface area contributed by atoms with Crippen molar-refractivity contribution in [3.05, 3.63) is 0 Å². The number of nitrogens with zero attached hydrogens (tertiary/aromatic N) is 1. The average molecular weight is 237 g/mol. The third-order valence-corrected chi connectivity index (χ3v) is 4.89. The molecule has 2 fully saturated rings. The number of likely N-dealkylation sites (tertiary alicyclic amines) is 1. The molecule has 2 heteroatoms. The monoisotopic (exact) mass is 237 g/mol. The molecule has 1 saturated heterocycles. The zero-order valence-corrected chi connectivity index (χ0v) is 11.5. The lowest BCUT2D eigenvalue weighted by Gasteiger charge is -2.43. The van der Waals surface area contributed by atoms with Crippen LogP contribution in [0.25, 0.3) is 0 Å². The number of carbonyl (C=O) groups is 1. The van der Waals surface area contributed by atoms with Crippen LogP contribution in [0.1, 0.15) is 58.8 Å². The molecule has 1 heterocycles. The molecule has 2 aliphatic rings.